The standard InChI is InChI=1S/C30H43N5O3/c1-30(2,3)38-29(37)33-20-23-10-8-22(9-11-23)19-32-28(36)25-18-27(34-26-7-5-4-6-24(25)26)35-16-13-21(12-15-31)14-17-35/h4-7,18-19,21,23H,8-17,20,31H2,1-3H3,(H,32,36)(H,33,37). The summed E-state index contributed by atoms with van der Waals surface area (Å²) < 4.78 is 5.33. The van der Waals surface area contributed by atoms with E-state index in [4.69, 9.17) is 15.5 Å². The number of nitrogens with zero attached hydrogens (tertiary/aromatic N) is 2. The van der Waals surface area contributed by atoms with Crippen molar-refractivity contribution < 1.29 is 14.3 Å². The maximum Gasteiger partial charge on any atom is 0.407 e. The number of anilines is 1. The van der Waals surface area contributed by atoms with E-state index in [1.54, 1.807) is 0 Å². The number of amides is 2. The molecule has 206 valence electrons. The summed E-state index contributed by atoms with van der Waals surface area (Å²) in [5, 5.41) is 6.81. The Balaban J connectivity index is 1.36. The van der Waals surface area contributed by atoms with Crippen molar-refractivity contribution in [1.29, 1.82) is 0 Å². The molecule has 0 atom stereocenters. The molecule has 8 heteroatoms. The minimum Gasteiger partial charge on any atom is -0.444 e. The third-order valence-electron chi connectivity index (χ3n) is 7.55. The van der Waals surface area contributed by atoms with Gasteiger partial charge in [0.1, 0.15) is 11.4 Å². The van der Waals surface area contributed by atoms with Crippen molar-refractivity contribution >= 4 is 28.7 Å². The number of carbonyl (C=O) groups is 2. The maximum absolute atomic E-state index is 13.4. The number of para-hydroxylation sites is 1. The molecule has 0 spiro atoms. The van der Waals surface area contributed by atoms with Gasteiger partial charge in [-0.3, -0.25) is 4.79 Å². The summed E-state index contributed by atoms with van der Waals surface area (Å²) in [7, 11) is 0. The summed E-state index contributed by atoms with van der Waals surface area (Å²) in [5.74, 6) is 1.85. The van der Waals surface area contributed by atoms with Crippen LogP contribution >= 0.6 is 0 Å². The van der Waals surface area contributed by atoms with Crippen molar-refractivity contribution in [3.05, 3.63) is 47.7 Å². The molecule has 2 aliphatic rings. The van der Waals surface area contributed by atoms with Gasteiger partial charge in [0.15, 0.2) is 0 Å². The van der Waals surface area contributed by atoms with E-state index in [0.29, 0.717) is 23.9 Å². The van der Waals surface area contributed by atoms with Crippen LogP contribution in [0.3, 0.4) is 0 Å². The third-order valence-corrected chi connectivity index (χ3v) is 7.55. The van der Waals surface area contributed by atoms with Gasteiger partial charge in [0.05, 0.1) is 11.1 Å². The van der Waals surface area contributed by atoms with E-state index in [1.807, 2.05) is 57.3 Å². The second-order valence-electron chi connectivity index (χ2n) is 11.7. The number of hydrogen-bond donors (Lipinski definition) is 3. The number of ether oxygens (including phenoxy) is 1. The van der Waals surface area contributed by atoms with Gasteiger partial charge in [0, 0.05) is 31.2 Å². The predicted molar refractivity (Wildman–Crippen MR) is 152 cm³/mol. The molecule has 1 aliphatic heterocycles. The molecule has 1 aromatic carbocycles. The van der Waals surface area contributed by atoms with E-state index in [9.17, 15) is 9.59 Å². The molecule has 2 aromatic rings. The van der Waals surface area contributed by atoms with Crippen molar-refractivity contribution in [3.63, 3.8) is 0 Å². The number of alkyl carbamates (subject to hydrolysis) is 1. The van der Waals surface area contributed by atoms with Gasteiger partial charge in [-0.25, -0.2) is 9.78 Å². The van der Waals surface area contributed by atoms with Crippen LogP contribution in [0.5, 0.6) is 0 Å². The monoisotopic (exact) mass is 521 g/mol. The first kappa shape index (κ1) is 27.9. The quantitative estimate of drug-likeness (QED) is 0.466. The van der Waals surface area contributed by atoms with Crippen molar-refractivity contribution in [1.82, 2.24) is 15.6 Å². The molecule has 1 aromatic heterocycles. The van der Waals surface area contributed by atoms with Crippen LogP contribution in [-0.4, -0.2) is 48.8 Å². The number of aromatic nitrogens is 1. The van der Waals surface area contributed by atoms with Gasteiger partial charge in [-0.2, -0.15) is 0 Å². The molecule has 0 unspecified atom stereocenters. The van der Waals surface area contributed by atoms with Gasteiger partial charge in [-0.05, 0) is 96.2 Å². The number of piperidine rings is 1. The smallest absolute Gasteiger partial charge is 0.407 e. The molecular weight excluding hydrogens is 478 g/mol. The molecule has 38 heavy (non-hydrogen) atoms. The number of hydrogen-bond acceptors (Lipinski definition) is 6. The molecule has 4 rings (SSSR count). The highest BCUT2D eigenvalue weighted by Gasteiger charge is 2.23. The highest BCUT2D eigenvalue weighted by Crippen LogP contribution is 2.29. The SMILES string of the molecule is CC(C)(C)OC(=O)NCC1CCC(=CNC(=O)c2cc(N3CCC(CCN)CC3)nc3ccccc23)CC1. The second kappa shape index (κ2) is 12.6. The molecule has 2 fully saturated rings. The molecular formula is C30H43N5O3. The minimum atomic E-state index is -0.493. The Morgan fingerprint density at radius 3 is 2.50 bits per heavy atom. The van der Waals surface area contributed by atoms with E-state index in [2.05, 4.69) is 15.5 Å². The number of nitrogens with one attached hydrogen (secondary N) is 2. The van der Waals surface area contributed by atoms with Crippen LogP contribution in [0.1, 0.15) is 76.1 Å². The highest BCUT2D eigenvalue weighted by molar-refractivity contribution is 6.07. The highest BCUT2D eigenvalue weighted by atomic mass is 16.6. The molecule has 2 heterocycles. The largest absolute Gasteiger partial charge is 0.444 e. The van der Waals surface area contributed by atoms with Crippen LogP contribution in [0, 0.1) is 11.8 Å². The van der Waals surface area contributed by atoms with Crippen molar-refractivity contribution in [2.75, 3.05) is 31.1 Å². The molecule has 0 radical (unpaired) electrons. The minimum absolute atomic E-state index is 0.107. The second-order valence-corrected chi connectivity index (χ2v) is 11.7. The van der Waals surface area contributed by atoms with E-state index >= 15 is 0 Å². The third kappa shape index (κ3) is 7.69. The first-order valence-corrected chi connectivity index (χ1v) is 14.0. The number of nitrogens with two attached hydrogens (primary N) is 1. The Kier molecular flexibility index (Phi) is 9.26. The number of pyridine rings is 1. The average Bonchev–Trinajstić information content (AvgIpc) is 2.90. The molecule has 8 nitrogen and oxygen atoms in total. The fourth-order valence-electron chi connectivity index (χ4n) is 5.38. The molecule has 0 bridgehead atoms. The summed E-state index contributed by atoms with van der Waals surface area (Å²) in [4.78, 5) is 32.5. The summed E-state index contributed by atoms with van der Waals surface area (Å²) in [6.45, 7) is 8.81. The fraction of sp³-hybridized carbons (Fsp3) is 0.567. The van der Waals surface area contributed by atoms with Crippen LogP contribution in [0.15, 0.2) is 42.1 Å². The number of allylic oxidation sites excluding steroid dienone is 1. The topological polar surface area (TPSA) is 110 Å². The van der Waals surface area contributed by atoms with Crippen molar-refractivity contribution in [3.8, 4) is 0 Å². The molecule has 1 saturated heterocycles. The zero-order valence-corrected chi connectivity index (χ0v) is 23.1. The van der Waals surface area contributed by atoms with Crippen LogP contribution in [0.25, 0.3) is 10.9 Å². The summed E-state index contributed by atoms with van der Waals surface area (Å²) in [5.41, 5.74) is 7.99. The fourth-order valence-corrected chi connectivity index (χ4v) is 5.38. The van der Waals surface area contributed by atoms with Gasteiger partial charge in [0.25, 0.3) is 5.91 Å². The predicted octanol–water partition coefficient (Wildman–Crippen LogP) is 5.13. The first-order valence-electron chi connectivity index (χ1n) is 14.0. The van der Waals surface area contributed by atoms with E-state index in [-0.39, 0.29) is 12.0 Å². The Morgan fingerprint density at radius 2 is 1.82 bits per heavy atom. The summed E-state index contributed by atoms with van der Waals surface area (Å²) in [6, 6.07) is 9.79. The van der Waals surface area contributed by atoms with E-state index in [0.717, 1.165) is 81.3 Å². The summed E-state index contributed by atoms with van der Waals surface area (Å²) in [6.07, 6.45) is 8.55. The van der Waals surface area contributed by atoms with Gasteiger partial charge < -0.3 is 26.0 Å². The number of rotatable bonds is 7. The molecule has 2 amide bonds. The Morgan fingerprint density at radius 1 is 1.11 bits per heavy atom. The lowest BCUT2D eigenvalue weighted by Gasteiger charge is -2.33. The van der Waals surface area contributed by atoms with Crippen molar-refractivity contribution in [2.24, 2.45) is 17.6 Å². The van der Waals surface area contributed by atoms with Crippen LogP contribution in [-0.2, 0) is 4.74 Å². The maximum atomic E-state index is 13.4. The van der Waals surface area contributed by atoms with Gasteiger partial charge in [-0.1, -0.05) is 23.8 Å². The summed E-state index contributed by atoms with van der Waals surface area (Å²) >= 11 is 0. The molecule has 1 saturated carbocycles. The first-order chi connectivity index (χ1) is 18.2. The zero-order valence-electron chi connectivity index (χ0n) is 23.1. The van der Waals surface area contributed by atoms with Crippen LogP contribution in [0.2, 0.25) is 0 Å². The number of fused-ring (bicyclic) bond motifs is 1. The number of benzene rings is 1. The Labute approximate surface area is 226 Å². The number of carbonyl (C=O) groups excluding carboxylic acids is 2. The average molecular weight is 522 g/mol. The van der Waals surface area contributed by atoms with Gasteiger partial charge in [-0.15, -0.1) is 0 Å². The van der Waals surface area contributed by atoms with Gasteiger partial charge in [0.2, 0.25) is 0 Å². The Hall–Kier alpha value is -3.13. The lowest BCUT2D eigenvalue weighted by Crippen LogP contribution is -2.35. The lowest BCUT2D eigenvalue weighted by atomic mass is 9.86. The van der Waals surface area contributed by atoms with Gasteiger partial charge >= 0.3 is 6.09 Å². The zero-order chi connectivity index (χ0) is 27.1. The lowest BCUT2D eigenvalue weighted by molar-refractivity contribution is 0.0516. The Bertz CT molecular complexity index is 1140. The van der Waals surface area contributed by atoms with E-state index < -0.39 is 5.60 Å². The van der Waals surface area contributed by atoms with Crippen molar-refractivity contribution in [2.45, 2.75) is 71.3 Å². The molecule has 4 N–H and O–H groups in total. The van der Waals surface area contributed by atoms with Crippen LogP contribution < -0.4 is 21.3 Å². The normalized spacial score (nSPS) is 18.8. The van der Waals surface area contributed by atoms with E-state index in [1.165, 1.54) is 5.57 Å². The van der Waals surface area contributed by atoms with Crippen LogP contribution in [0.4, 0.5) is 10.6 Å². The molecule has 1 aliphatic carbocycles.